The number of rotatable bonds is 8. The van der Waals surface area contributed by atoms with Crippen LogP contribution in [-0.4, -0.2) is 69.8 Å². The molecule has 1 aliphatic rings. The van der Waals surface area contributed by atoms with Gasteiger partial charge in [-0.2, -0.15) is 0 Å². The Labute approximate surface area is 185 Å². The summed E-state index contributed by atoms with van der Waals surface area (Å²) in [6, 6.07) is 8.01. The van der Waals surface area contributed by atoms with E-state index in [0.717, 1.165) is 31.6 Å². The van der Waals surface area contributed by atoms with E-state index in [4.69, 9.17) is 9.47 Å². The molecule has 1 atom stereocenters. The summed E-state index contributed by atoms with van der Waals surface area (Å²) in [5.74, 6) is 1.45. The Morgan fingerprint density at radius 3 is 2.57 bits per heavy atom. The largest absolute Gasteiger partial charge is 0.497 e. The number of ether oxygens (including phenoxy) is 2. The number of guanidine groups is 1. The fourth-order valence-electron chi connectivity index (χ4n) is 2.83. The first kappa shape index (κ1) is 24.5. The van der Waals surface area contributed by atoms with Crippen molar-refractivity contribution in [2.45, 2.75) is 31.8 Å². The molecule has 28 heavy (non-hydrogen) atoms. The minimum Gasteiger partial charge on any atom is -0.497 e. The van der Waals surface area contributed by atoms with Crippen LogP contribution in [0.25, 0.3) is 0 Å². The maximum atomic E-state index is 11.9. The minimum atomic E-state index is -0.177. The van der Waals surface area contributed by atoms with Crippen LogP contribution in [0.5, 0.6) is 5.75 Å². The number of amides is 1. The normalized spacial score (nSPS) is 18.9. The predicted molar refractivity (Wildman–Crippen MR) is 123 cm³/mol. The molecule has 0 bridgehead atoms. The van der Waals surface area contributed by atoms with Crippen molar-refractivity contribution in [3.05, 3.63) is 29.8 Å². The Balaban J connectivity index is 0.00000392. The van der Waals surface area contributed by atoms with E-state index in [1.165, 1.54) is 5.56 Å². The molecule has 1 aromatic carbocycles. The zero-order valence-corrected chi connectivity index (χ0v) is 19.6. The van der Waals surface area contributed by atoms with Crippen LogP contribution in [0.2, 0.25) is 0 Å². The van der Waals surface area contributed by atoms with E-state index in [0.29, 0.717) is 19.0 Å². The molecule has 2 N–H and O–H groups in total. The van der Waals surface area contributed by atoms with Gasteiger partial charge in [-0.3, -0.25) is 4.79 Å². The second-order valence-corrected chi connectivity index (χ2v) is 7.23. The van der Waals surface area contributed by atoms with Crippen molar-refractivity contribution in [1.82, 2.24) is 15.5 Å². The van der Waals surface area contributed by atoms with Gasteiger partial charge in [0.05, 0.1) is 12.7 Å². The Bertz CT molecular complexity index is 629. The highest BCUT2D eigenvalue weighted by Gasteiger charge is 2.29. The molecule has 1 unspecified atom stereocenters. The van der Waals surface area contributed by atoms with Gasteiger partial charge >= 0.3 is 0 Å². The molecule has 1 aromatic rings. The summed E-state index contributed by atoms with van der Waals surface area (Å²) >= 11 is 0. The van der Waals surface area contributed by atoms with Crippen molar-refractivity contribution in [1.29, 1.82) is 0 Å². The first-order valence-electron chi connectivity index (χ1n) is 9.41. The Morgan fingerprint density at radius 2 is 2.00 bits per heavy atom. The van der Waals surface area contributed by atoms with Crippen molar-refractivity contribution in [2.75, 3.05) is 47.4 Å². The lowest BCUT2D eigenvalue weighted by Gasteiger charge is -2.25. The SMILES string of the molecule is COc1ccc(CCNC(=NCC(=O)N(C)C)NCC2(C)CCCO2)cc1.I. The standard InChI is InChI=1S/C20H32N4O3.HI/c1-20(11-5-13-27-20)15-23-19(22-14-18(25)24(2)3)21-12-10-16-6-8-17(26-4)9-7-16;/h6-9H,5,10-15H2,1-4H3,(H2,21,22,23);1H. The average Bonchev–Trinajstić information content (AvgIpc) is 3.10. The van der Waals surface area contributed by atoms with Crippen LogP contribution in [0.4, 0.5) is 0 Å². The highest BCUT2D eigenvalue weighted by atomic mass is 127. The average molecular weight is 504 g/mol. The summed E-state index contributed by atoms with van der Waals surface area (Å²) in [6.07, 6.45) is 2.95. The quantitative estimate of drug-likeness (QED) is 0.322. The third-order valence-electron chi connectivity index (χ3n) is 4.67. The Morgan fingerprint density at radius 1 is 1.29 bits per heavy atom. The number of nitrogens with zero attached hydrogens (tertiary/aromatic N) is 2. The third kappa shape index (κ3) is 8.22. The molecule has 2 rings (SSSR count). The number of methoxy groups -OCH3 is 1. The molecule has 1 aliphatic heterocycles. The first-order valence-corrected chi connectivity index (χ1v) is 9.41. The molecule has 0 aliphatic carbocycles. The van der Waals surface area contributed by atoms with Crippen LogP contribution >= 0.6 is 24.0 Å². The third-order valence-corrected chi connectivity index (χ3v) is 4.67. The van der Waals surface area contributed by atoms with Crippen LogP contribution in [0.15, 0.2) is 29.3 Å². The van der Waals surface area contributed by atoms with Crippen molar-refractivity contribution in [3.8, 4) is 5.75 Å². The number of aliphatic imine (C=N–C) groups is 1. The van der Waals surface area contributed by atoms with Crippen molar-refractivity contribution < 1.29 is 14.3 Å². The lowest BCUT2D eigenvalue weighted by atomic mass is 10.0. The second-order valence-electron chi connectivity index (χ2n) is 7.23. The van der Waals surface area contributed by atoms with Gasteiger partial charge in [-0.25, -0.2) is 4.99 Å². The molecule has 0 radical (unpaired) electrons. The number of carbonyl (C=O) groups is 1. The molecular formula is C20H33IN4O3. The molecular weight excluding hydrogens is 471 g/mol. The molecule has 8 heteroatoms. The number of benzene rings is 1. The molecule has 1 fully saturated rings. The van der Waals surface area contributed by atoms with E-state index in [9.17, 15) is 4.79 Å². The van der Waals surface area contributed by atoms with Crippen LogP contribution in [0.1, 0.15) is 25.3 Å². The summed E-state index contributed by atoms with van der Waals surface area (Å²) < 4.78 is 11.0. The van der Waals surface area contributed by atoms with Gasteiger partial charge in [-0.05, 0) is 43.9 Å². The van der Waals surface area contributed by atoms with E-state index in [-0.39, 0.29) is 42.0 Å². The molecule has 158 valence electrons. The number of halogens is 1. The van der Waals surface area contributed by atoms with E-state index in [1.807, 2.05) is 24.3 Å². The topological polar surface area (TPSA) is 75.2 Å². The molecule has 1 saturated heterocycles. The number of carbonyl (C=O) groups excluding carboxylic acids is 1. The fourth-order valence-corrected chi connectivity index (χ4v) is 2.83. The second kappa shape index (κ2) is 12.1. The summed E-state index contributed by atoms with van der Waals surface area (Å²) in [4.78, 5) is 17.8. The number of likely N-dealkylation sites (N-methyl/N-ethyl adjacent to an activating group) is 1. The summed E-state index contributed by atoms with van der Waals surface area (Å²) in [5.41, 5.74) is 1.03. The van der Waals surface area contributed by atoms with Crippen molar-refractivity contribution in [2.24, 2.45) is 4.99 Å². The monoisotopic (exact) mass is 504 g/mol. The van der Waals surface area contributed by atoms with E-state index in [1.54, 1.807) is 26.1 Å². The van der Waals surface area contributed by atoms with E-state index in [2.05, 4.69) is 22.5 Å². The minimum absolute atomic E-state index is 0. The summed E-state index contributed by atoms with van der Waals surface area (Å²) in [6.45, 7) is 4.40. The predicted octanol–water partition coefficient (Wildman–Crippen LogP) is 2.05. The molecule has 0 aromatic heterocycles. The molecule has 1 amide bonds. The van der Waals surface area contributed by atoms with Gasteiger partial charge in [0.15, 0.2) is 5.96 Å². The van der Waals surface area contributed by atoms with Crippen LogP contribution < -0.4 is 15.4 Å². The van der Waals surface area contributed by atoms with Crippen LogP contribution in [0.3, 0.4) is 0 Å². The lowest BCUT2D eigenvalue weighted by molar-refractivity contribution is -0.127. The smallest absolute Gasteiger partial charge is 0.243 e. The summed E-state index contributed by atoms with van der Waals surface area (Å²) in [5, 5.41) is 6.64. The number of hydrogen-bond donors (Lipinski definition) is 2. The van der Waals surface area contributed by atoms with Gasteiger partial charge in [0.1, 0.15) is 12.3 Å². The lowest BCUT2D eigenvalue weighted by Crippen LogP contribution is -2.46. The number of nitrogens with one attached hydrogen (secondary N) is 2. The Kier molecular flexibility index (Phi) is 10.6. The molecule has 0 saturated carbocycles. The van der Waals surface area contributed by atoms with Crippen LogP contribution in [0, 0.1) is 0 Å². The van der Waals surface area contributed by atoms with E-state index < -0.39 is 0 Å². The van der Waals surface area contributed by atoms with Crippen LogP contribution in [-0.2, 0) is 16.0 Å². The molecule has 0 spiro atoms. The zero-order valence-electron chi connectivity index (χ0n) is 17.3. The Hall–Kier alpha value is -1.55. The van der Waals surface area contributed by atoms with E-state index >= 15 is 0 Å². The highest BCUT2D eigenvalue weighted by Crippen LogP contribution is 2.23. The van der Waals surface area contributed by atoms with Gasteiger partial charge in [0.25, 0.3) is 0 Å². The molecule has 7 nitrogen and oxygen atoms in total. The first-order chi connectivity index (χ1) is 12.9. The van der Waals surface area contributed by atoms with Gasteiger partial charge in [-0.15, -0.1) is 24.0 Å². The summed E-state index contributed by atoms with van der Waals surface area (Å²) in [7, 11) is 5.12. The molecule has 1 heterocycles. The zero-order chi connectivity index (χ0) is 19.7. The maximum absolute atomic E-state index is 11.9. The highest BCUT2D eigenvalue weighted by molar-refractivity contribution is 14.0. The van der Waals surface area contributed by atoms with Crippen molar-refractivity contribution >= 4 is 35.8 Å². The number of hydrogen-bond acceptors (Lipinski definition) is 4. The van der Waals surface area contributed by atoms with Gasteiger partial charge in [0.2, 0.25) is 5.91 Å². The van der Waals surface area contributed by atoms with Crippen molar-refractivity contribution in [3.63, 3.8) is 0 Å². The van der Waals surface area contributed by atoms with Gasteiger partial charge < -0.3 is 25.0 Å². The van der Waals surface area contributed by atoms with Gasteiger partial charge in [-0.1, -0.05) is 12.1 Å². The maximum Gasteiger partial charge on any atom is 0.243 e. The van der Waals surface area contributed by atoms with Gasteiger partial charge in [0, 0.05) is 33.8 Å². The fraction of sp³-hybridized carbons (Fsp3) is 0.600.